The molecule has 0 aromatic heterocycles. The molecule has 0 saturated carbocycles. The molecule has 134 valence electrons. The third-order valence-electron chi connectivity index (χ3n) is 3.25. The van der Waals surface area contributed by atoms with Crippen molar-refractivity contribution in [2.24, 2.45) is 0 Å². The summed E-state index contributed by atoms with van der Waals surface area (Å²) in [6.45, 7) is 2.59. The fourth-order valence-electron chi connectivity index (χ4n) is 2.05. The SMILES string of the molecule is CCCOc1c(Br)cc(/C=C(\C#N)C(=O)Nc2ccc(F)cc2)cc1Br. The molecule has 1 N–H and O–H groups in total. The molecular formula is C19H15Br2FN2O2. The molecule has 0 aliphatic heterocycles. The predicted octanol–water partition coefficient (Wildman–Crippen LogP) is 5.69. The van der Waals surface area contributed by atoms with Gasteiger partial charge in [0.25, 0.3) is 5.91 Å². The Hall–Kier alpha value is -2.17. The van der Waals surface area contributed by atoms with E-state index in [1.807, 2.05) is 13.0 Å². The van der Waals surface area contributed by atoms with Gasteiger partial charge in [-0.3, -0.25) is 4.79 Å². The number of carbonyl (C=O) groups excluding carboxylic acids is 1. The first-order valence-electron chi connectivity index (χ1n) is 7.75. The Morgan fingerprint density at radius 2 is 1.88 bits per heavy atom. The number of halogens is 3. The minimum Gasteiger partial charge on any atom is -0.491 e. The van der Waals surface area contributed by atoms with E-state index in [-0.39, 0.29) is 5.57 Å². The molecule has 0 radical (unpaired) electrons. The summed E-state index contributed by atoms with van der Waals surface area (Å²) in [6, 6.07) is 10.7. The zero-order chi connectivity index (χ0) is 19.1. The number of amides is 1. The van der Waals surface area contributed by atoms with Crippen molar-refractivity contribution in [2.75, 3.05) is 11.9 Å². The first-order chi connectivity index (χ1) is 12.4. The van der Waals surface area contributed by atoms with E-state index in [2.05, 4.69) is 37.2 Å². The number of anilines is 1. The largest absolute Gasteiger partial charge is 0.491 e. The summed E-state index contributed by atoms with van der Waals surface area (Å²) in [6.07, 6.45) is 2.35. The molecule has 0 aliphatic rings. The summed E-state index contributed by atoms with van der Waals surface area (Å²) in [5, 5.41) is 11.9. The Morgan fingerprint density at radius 1 is 1.27 bits per heavy atom. The van der Waals surface area contributed by atoms with Gasteiger partial charge in [0.2, 0.25) is 0 Å². The van der Waals surface area contributed by atoms with Crippen LogP contribution < -0.4 is 10.1 Å². The fourth-order valence-corrected chi connectivity index (χ4v) is 3.50. The lowest BCUT2D eigenvalue weighted by Gasteiger charge is -2.10. The summed E-state index contributed by atoms with van der Waals surface area (Å²) in [7, 11) is 0. The quantitative estimate of drug-likeness (QED) is 0.426. The molecular weight excluding hydrogens is 467 g/mol. The summed E-state index contributed by atoms with van der Waals surface area (Å²) in [5.74, 6) is -0.310. The van der Waals surface area contributed by atoms with Gasteiger partial charge in [-0.05, 0) is 86.3 Å². The van der Waals surface area contributed by atoms with Gasteiger partial charge in [0.15, 0.2) is 0 Å². The van der Waals surface area contributed by atoms with Crippen LogP contribution in [0.3, 0.4) is 0 Å². The number of nitrogens with one attached hydrogen (secondary N) is 1. The molecule has 2 aromatic carbocycles. The number of benzene rings is 2. The van der Waals surface area contributed by atoms with Crippen molar-refractivity contribution >= 4 is 49.5 Å². The number of rotatable bonds is 6. The lowest BCUT2D eigenvalue weighted by Crippen LogP contribution is -2.13. The molecule has 7 heteroatoms. The van der Waals surface area contributed by atoms with E-state index in [9.17, 15) is 14.4 Å². The van der Waals surface area contributed by atoms with Crippen LogP contribution in [0.5, 0.6) is 5.75 Å². The third-order valence-corrected chi connectivity index (χ3v) is 4.43. The van der Waals surface area contributed by atoms with Crippen molar-refractivity contribution in [3.63, 3.8) is 0 Å². The summed E-state index contributed by atoms with van der Waals surface area (Å²) in [5.41, 5.74) is 0.983. The number of nitriles is 1. The fraction of sp³-hybridized carbons (Fsp3) is 0.158. The van der Waals surface area contributed by atoms with Crippen molar-refractivity contribution in [1.82, 2.24) is 0 Å². The van der Waals surface area contributed by atoms with Crippen LogP contribution in [0.1, 0.15) is 18.9 Å². The van der Waals surface area contributed by atoms with Crippen molar-refractivity contribution in [1.29, 1.82) is 5.26 Å². The normalized spacial score (nSPS) is 11.0. The molecule has 0 bridgehead atoms. The van der Waals surface area contributed by atoms with Crippen LogP contribution in [-0.2, 0) is 4.79 Å². The zero-order valence-electron chi connectivity index (χ0n) is 13.9. The third kappa shape index (κ3) is 5.41. The van der Waals surface area contributed by atoms with E-state index >= 15 is 0 Å². The highest BCUT2D eigenvalue weighted by molar-refractivity contribution is 9.11. The molecule has 0 spiro atoms. The zero-order valence-corrected chi connectivity index (χ0v) is 17.0. The van der Waals surface area contributed by atoms with Crippen LogP contribution in [0.15, 0.2) is 50.9 Å². The molecule has 26 heavy (non-hydrogen) atoms. The number of hydrogen-bond acceptors (Lipinski definition) is 3. The highest BCUT2D eigenvalue weighted by atomic mass is 79.9. The topological polar surface area (TPSA) is 62.1 Å². The van der Waals surface area contributed by atoms with Gasteiger partial charge in [-0.2, -0.15) is 5.26 Å². The Bertz CT molecular complexity index is 851. The van der Waals surface area contributed by atoms with E-state index < -0.39 is 11.7 Å². The second kappa shape index (κ2) is 9.51. The van der Waals surface area contributed by atoms with Crippen molar-refractivity contribution in [3.05, 3.63) is 62.3 Å². The summed E-state index contributed by atoms with van der Waals surface area (Å²) in [4.78, 5) is 12.3. The average molecular weight is 482 g/mol. The van der Waals surface area contributed by atoms with Gasteiger partial charge in [0.1, 0.15) is 23.2 Å². The number of nitrogens with zero attached hydrogens (tertiary/aromatic N) is 1. The second-order valence-corrected chi connectivity index (χ2v) is 7.00. The van der Waals surface area contributed by atoms with Crippen LogP contribution in [0, 0.1) is 17.1 Å². The molecule has 0 atom stereocenters. The van der Waals surface area contributed by atoms with E-state index in [1.54, 1.807) is 12.1 Å². The van der Waals surface area contributed by atoms with Crippen molar-refractivity contribution in [2.45, 2.75) is 13.3 Å². The minimum absolute atomic E-state index is 0.0737. The van der Waals surface area contributed by atoms with Crippen LogP contribution in [0.4, 0.5) is 10.1 Å². The Morgan fingerprint density at radius 3 is 2.42 bits per heavy atom. The monoisotopic (exact) mass is 480 g/mol. The van der Waals surface area contributed by atoms with Crippen LogP contribution >= 0.6 is 31.9 Å². The van der Waals surface area contributed by atoms with Gasteiger partial charge >= 0.3 is 0 Å². The van der Waals surface area contributed by atoms with Crippen LogP contribution in [0.25, 0.3) is 6.08 Å². The molecule has 0 heterocycles. The van der Waals surface area contributed by atoms with Crippen LogP contribution in [0.2, 0.25) is 0 Å². The molecule has 2 rings (SSSR count). The maximum Gasteiger partial charge on any atom is 0.266 e. The highest BCUT2D eigenvalue weighted by Crippen LogP contribution is 2.35. The Kier molecular flexibility index (Phi) is 7.37. The van der Waals surface area contributed by atoms with E-state index in [0.717, 1.165) is 6.42 Å². The second-order valence-electron chi connectivity index (χ2n) is 5.29. The Labute approximate surface area is 167 Å². The lowest BCUT2D eigenvalue weighted by atomic mass is 10.1. The number of carbonyl (C=O) groups is 1. The van der Waals surface area contributed by atoms with E-state index in [0.29, 0.717) is 32.6 Å². The maximum absolute atomic E-state index is 12.9. The standard InChI is InChI=1S/C19H15Br2FN2O2/c1-2-7-26-18-16(20)9-12(10-17(18)21)8-13(11-23)19(25)24-15-5-3-14(22)4-6-15/h3-6,8-10H,2,7H2,1H3,(H,24,25)/b13-8+. The number of ether oxygens (including phenoxy) is 1. The van der Waals surface area contributed by atoms with Crippen molar-refractivity contribution < 1.29 is 13.9 Å². The van der Waals surface area contributed by atoms with Gasteiger partial charge in [-0.1, -0.05) is 6.92 Å². The van der Waals surface area contributed by atoms with Gasteiger partial charge < -0.3 is 10.1 Å². The van der Waals surface area contributed by atoms with E-state index in [4.69, 9.17) is 4.74 Å². The van der Waals surface area contributed by atoms with Crippen LogP contribution in [-0.4, -0.2) is 12.5 Å². The molecule has 4 nitrogen and oxygen atoms in total. The van der Waals surface area contributed by atoms with Crippen molar-refractivity contribution in [3.8, 4) is 11.8 Å². The average Bonchev–Trinajstić information content (AvgIpc) is 2.61. The molecule has 0 unspecified atom stereocenters. The van der Waals surface area contributed by atoms with E-state index in [1.165, 1.54) is 30.3 Å². The first kappa shape index (κ1) is 20.1. The molecule has 2 aromatic rings. The predicted molar refractivity (Wildman–Crippen MR) is 106 cm³/mol. The maximum atomic E-state index is 12.9. The minimum atomic E-state index is -0.572. The first-order valence-corrected chi connectivity index (χ1v) is 9.33. The van der Waals surface area contributed by atoms with Gasteiger partial charge in [0.05, 0.1) is 15.6 Å². The summed E-state index contributed by atoms with van der Waals surface area (Å²) < 4.78 is 20.0. The summed E-state index contributed by atoms with van der Waals surface area (Å²) >= 11 is 6.87. The van der Waals surface area contributed by atoms with Gasteiger partial charge in [-0.15, -0.1) is 0 Å². The lowest BCUT2D eigenvalue weighted by molar-refractivity contribution is -0.112. The highest BCUT2D eigenvalue weighted by Gasteiger charge is 2.12. The molecule has 0 aliphatic carbocycles. The Balaban J connectivity index is 2.23. The number of hydrogen-bond donors (Lipinski definition) is 1. The molecule has 0 saturated heterocycles. The molecule has 0 fully saturated rings. The van der Waals surface area contributed by atoms with Gasteiger partial charge in [-0.25, -0.2) is 4.39 Å². The molecule has 1 amide bonds. The van der Waals surface area contributed by atoms with Gasteiger partial charge in [0, 0.05) is 5.69 Å². The smallest absolute Gasteiger partial charge is 0.266 e.